The van der Waals surface area contributed by atoms with E-state index >= 15 is 0 Å². The highest BCUT2D eigenvalue weighted by atomic mass is 16.5. The summed E-state index contributed by atoms with van der Waals surface area (Å²) in [7, 11) is 1.70. The van der Waals surface area contributed by atoms with Gasteiger partial charge in [0.15, 0.2) is 0 Å². The number of ether oxygens (including phenoxy) is 1. The quantitative estimate of drug-likeness (QED) is 0.832. The van der Waals surface area contributed by atoms with E-state index in [9.17, 15) is 0 Å². The van der Waals surface area contributed by atoms with Gasteiger partial charge in [0.05, 0.1) is 12.3 Å². The van der Waals surface area contributed by atoms with Crippen molar-refractivity contribution in [1.29, 1.82) is 0 Å². The predicted molar refractivity (Wildman–Crippen MR) is 92.2 cm³/mol. The molecule has 2 aromatic rings. The number of hydrogen-bond acceptors (Lipinski definition) is 6. The Balaban J connectivity index is 1.61. The van der Waals surface area contributed by atoms with Gasteiger partial charge >= 0.3 is 0 Å². The van der Waals surface area contributed by atoms with Gasteiger partial charge in [-0.05, 0) is 38.8 Å². The molecule has 2 aliphatic heterocycles. The second kappa shape index (κ2) is 7.03. The average Bonchev–Trinajstić information content (AvgIpc) is 3.24. The van der Waals surface area contributed by atoms with Crippen molar-refractivity contribution in [3.8, 4) is 0 Å². The number of aromatic nitrogens is 4. The van der Waals surface area contributed by atoms with Gasteiger partial charge in [-0.3, -0.25) is 0 Å². The lowest BCUT2D eigenvalue weighted by atomic mass is 10.1. The molecule has 2 fully saturated rings. The van der Waals surface area contributed by atoms with Gasteiger partial charge in [-0.25, -0.2) is 4.98 Å². The molecule has 0 amide bonds. The fourth-order valence-corrected chi connectivity index (χ4v) is 4.04. The van der Waals surface area contributed by atoms with Crippen LogP contribution in [0, 0.1) is 0 Å². The number of rotatable bonds is 5. The molecule has 4 heterocycles. The zero-order valence-electron chi connectivity index (χ0n) is 14.4. The number of fused-ring (bicyclic) bond motifs is 1. The molecule has 0 aromatic carbocycles. The molecule has 0 aliphatic carbocycles. The number of likely N-dealkylation sites (tertiary alicyclic amines) is 1. The van der Waals surface area contributed by atoms with Crippen molar-refractivity contribution in [1.82, 2.24) is 24.5 Å². The maximum Gasteiger partial charge on any atom is 0.254 e. The van der Waals surface area contributed by atoms with Crippen LogP contribution < -0.4 is 4.90 Å². The molecule has 0 saturated carbocycles. The van der Waals surface area contributed by atoms with Crippen LogP contribution in [0.3, 0.4) is 0 Å². The maximum absolute atomic E-state index is 5.27. The highest BCUT2D eigenvalue weighted by Gasteiger charge is 2.29. The third-order valence-corrected chi connectivity index (χ3v) is 5.17. The summed E-state index contributed by atoms with van der Waals surface area (Å²) >= 11 is 0. The molecule has 24 heavy (non-hydrogen) atoms. The fraction of sp³-hybridized carbons (Fsp3) is 0.706. The normalized spacial score (nSPS) is 22.5. The number of anilines is 1. The molecular formula is C17H26N6O. The molecular weight excluding hydrogens is 304 g/mol. The Kier molecular flexibility index (Phi) is 4.62. The molecule has 2 saturated heterocycles. The van der Waals surface area contributed by atoms with Crippen LogP contribution in [0.1, 0.15) is 37.8 Å². The van der Waals surface area contributed by atoms with Gasteiger partial charge in [-0.2, -0.15) is 14.6 Å². The van der Waals surface area contributed by atoms with E-state index in [-0.39, 0.29) is 0 Å². The minimum absolute atomic E-state index is 0.501. The van der Waals surface area contributed by atoms with Crippen LogP contribution >= 0.6 is 0 Å². The van der Waals surface area contributed by atoms with Crippen molar-refractivity contribution in [2.45, 2.75) is 44.8 Å². The number of nitrogens with zero attached hydrogens (tertiary/aromatic N) is 6. The van der Waals surface area contributed by atoms with Crippen molar-refractivity contribution < 1.29 is 4.74 Å². The van der Waals surface area contributed by atoms with E-state index in [4.69, 9.17) is 4.74 Å². The number of hydrogen-bond donors (Lipinski definition) is 0. The number of methoxy groups -OCH3 is 1. The Labute approximate surface area is 142 Å². The third-order valence-electron chi connectivity index (χ3n) is 5.17. The zero-order valence-corrected chi connectivity index (χ0v) is 14.4. The molecule has 2 aromatic heterocycles. The molecule has 0 spiro atoms. The molecule has 0 bridgehead atoms. The maximum atomic E-state index is 5.27. The van der Waals surface area contributed by atoms with Crippen LogP contribution in [0.4, 0.5) is 5.82 Å². The van der Waals surface area contributed by atoms with Crippen molar-refractivity contribution in [2.75, 3.05) is 38.2 Å². The minimum Gasteiger partial charge on any atom is -0.378 e. The molecule has 0 radical (unpaired) electrons. The Hall–Kier alpha value is -1.73. The summed E-state index contributed by atoms with van der Waals surface area (Å²) in [6, 6.07) is 2.66. The summed E-state index contributed by atoms with van der Waals surface area (Å²) in [5, 5.41) is 4.39. The molecule has 2 aliphatic rings. The molecule has 7 heteroatoms. The van der Waals surface area contributed by atoms with Gasteiger partial charge in [-0.15, -0.1) is 0 Å². The lowest BCUT2D eigenvalue weighted by molar-refractivity contribution is 0.181. The van der Waals surface area contributed by atoms with Crippen molar-refractivity contribution in [2.24, 2.45) is 0 Å². The first-order chi connectivity index (χ1) is 11.8. The Morgan fingerprint density at radius 2 is 2.04 bits per heavy atom. The second-order valence-corrected chi connectivity index (χ2v) is 6.86. The molecule has 0 N–H and O–H groups in total. The zero-order chi connectivity index (χ0) is 16.4. The molecule has 1 unspecified atom stereocenters. The fourth-order valence-electron chi connectivity index (χ4n) is 4.04. The molecule has 7 nitrogen and oxygen atoms in total. The van der Waals surface area contributed by atoms with E-state index in [1.165, 1.54) is 45.2 Å². The lowest BCUT2D eigenvalue weighted by Gasteiger charge is -2.34. The van der Waals surface area contributed by atoms with E-state index in [2.05, 4.69) is 30.9 Å². The highest BCUT2D eigenvalue weighted by Crippen LogP contribution is 2.27. The molecule has 4 rings (SSSR count). The largest absolute Gasteiger partial charge is 0.378 e. The lowest BCUT2D eigenvalue weighted by Crippen LogP contribution is -2.43. The van der Waals surface area contributed by atoms with E-state index in [1.54, 1.807) is 13.4 Å². The first-order valence-corrected chi connectivity index (χ1v) is 9.03. The number of piperidine rings is 1. The Bertz CT molecular complexity index is 681. The van der Waals surface area contributed by atoms with Crippen LogP contribution in [0.25, 0.3) is 5.78 Å². The minimum atomic E-state index is 0.501. The van der Waals surface area contributed by atoms with Crippen molar-refractivity contribution >= 4 is 11.6 Å². The smallest absolute Gasteiger partial charge is 0.254 e. The monoisotopic (exact) mass is 330 g/mol. The van der Waals surface area contributed by atoms with Gasteiger partial charge in [0.25, 0.3) is 5.78 Å². The predicted octanol–water partition coefficient (Wildman–Crippen LogP) is 1.73. The van der Waals surface area contributed by atoms with Crippen LogP contribution in [-0.4, -0.2) is 63.8 Å². The summed E-state index contributed by atoms with van der Waals surface area (Å²) in [5.41, 5.74) is 0.914. The molecule has 1 atom stereocenters. The topological polar surface area (TPSA) is 58.8 Å². The van der Waals surface area contributed by atoms with Gasteiger partial charge in [0, 0.05) is 32.3 Å². The Morgan fingerprint density at radius 1 is 1.17 bits per heavy atom. The first-order valence-electron chi connectivity index (χ1n) is 9.03. The second-order valence-electron chi connectivity index (χ2n) is 6.86. The molecule has 130 valence electrons. The summed E-state index contributed by atoms with van der Waals surface area (Å²) in [6.07, 6.45) is 8.12. The van der Waals surface area contributed by atoms with Gasteiger partial charge < -0.3 is 14.5 Å². The van der Waals surface area contributed by atoms with Crippen LogP contribution in [0.15, 0.2) is 12.4 Å². The summed E-state index contributed by atoms with van der Waals surface area (Å²) in [6.45, 7) is 5.21. The van der Waals surface area contributed by atoms with Gasteiger partial charge in [-0.1, -0.05) is 6.42 Å². The van der Waals surface area contributed by atoms with E-state index in [1.807, 2.05) is 4.52 Å². The average molecular weight is 330 g/mol. The summed E-state index contributed by atoms with van der Waals surface area (Å²) < 4.78 is 7.14. The van der Waals surface area contributed by atoms with Gasteiger partial charge in [0.1, 0.15) is 12.1 Å². The van der Waals surface area contributed by atoms with E-state index in [0.717, 1.165) is 24.6 Å². The van der Waals surface area contributed by atoms with E-state index in [0.29, 0.717) is 18.4 Å². The summed E-state index contributed by atoms with van der Waals surface area (Å²) in [4.78, 5) is 13.9. The standard InChI is InChI=1S/C17H26N6O/c1-24-12-14-10-16(23-17(20-14)18-13-19-23)22-9-5-6-15(22)11-21-7-3-2-4-8-21/h10,13,15H,2-9,11-12H2,1H3. The first kappa shape index (κ1) is 15.8. The van der Waals surface area contributed by atoms with Crippen LogP contribution in [0.2, 0.25) is 0 Å². The Morgan fingerprint density at radius 3 is 2.88 bits per heavy atom. The van der Waals surface area contributed by atoms with Crippen molar-refractivity contribution in [3.63, 3.8) is 0 Å². The highest BCUT2D eigenvalue weighted by molar-refractivity contribution is 5.49. The van der Waals surface area contributed by atoms with Crippen LogP contribution in [-0.2, 0) is 11.3 Å². The van der Waals surface area contributed by atoms with Crippen LogP contribution in [0.5, 0.6) is 0 Å². The van der Waals surface area contributed by atoms with Gasteiger partial charge in [0.2, 0.25) is 0 Å². The van der Waals surface area contributed by atoms with Crippen molar-refractivity contribution in [3.05, 3.63) is 18.1 Å². The third kappa shape index (κ3) is 3.10. The van der Waals surface area contributed by atoms with E-state index < -0.39 is 0 Å². The summed E-state index contributed by atoms with van der Waals surface area (Å²) in [5.74, 6) is 1.76. The SMILES string of the molecule is COCc1cc(N2CCCC2CN2CCCCC2)n2ncnc2n1.